The lowest BCUT2D eigenvalue weighted by atomic mass is 10.1. The molecule has 8 nitrogen and oxygen atoms in total. The first-order valence-electron chi connectivity index (χ1n) is 11.1. The van der Waals surface area contributed by atoms with Crippen molar-refractivity contribution in [1.82, 2.24) is 29.3 Å². The summed E-state index contributed by atoms with van der Waals surface area (Å²) < 4.78 is 17.0. The molecule has 1 aromatic carbocycles. The van der Waals surface area contributed by atoms with Crippen molar-refractivity contribution in [3.63, 3.8) is 0 Å². The Labute approximate surface area is 193 Å². The van der Waals surface area contributed by atoms with Crippen molar-refractivity contribution < 1.29 is 9.18 Å². The number of halogens is 1. The van der Waals surface area contributed by atoms with Gasteiger partial charge in [-0.05, 0) is 65.6 Å². The van der Waals surface area contributed by atoms with Crippen LogP contribution in [0.3, 0.4) is 0 Å². The molecule has 0 bridgehead atoms. The molecule has 1 atom stereocenters. The lowest BCUT2D eigenvalue weighted by Gasteiger charge is -2.20. The zero-order chi connectivity index (χ0) is 23.7. The summed E-state index contributed by atoms with van der Waals surface area (Å²) in [6.45, 7) is 7.38. The minimum atomic E-state index is -0.567. The smallest absolute Gasteiger partial charge is 0.256 e. The molecule has 0 unspecified atom stereocenters. The number of aromatic nitrogens is 4. The van der Waals surface area contributed by atoms with Crippen LogP contribution in [-0.4, -0.2) is 68.5 Å². The zero-order valence-corrected chi connectivity index (χ0v) is 19.7. The highest BCUT2D eigenvalue weighted by Crippen LogP contribution is 2.25. The molecule has 1 aliphatic heterocycles. The van der Waals surface area contributed by atoms with Gasteiger partial charge in [0.25, 0.3) is 5.91 Å². The molecule has 0 aliphatic carbocycles. The van der Waals surface area contributed by atoms with E-state index in [2.05, 4.69) is 43.6 Å². The Balaban J connectivity index is 1.51. The number of carbonyl (C=O) groups is 1. The van der Waals surface area contributed by atoms with Gasteiger partial charge in [-0.3, -0.25) is 4.79 Å². The molecule has 0 saturated carbocycles. The van der Waals surface area contributed by atoms with Crippen LogP contribution in [0.5, 0.6) is 0 Å². The fraction of sp³-hybridized carbons (Fsp3) is 0.417. The number of rotatable bonds is 6. The number of imidazole rings is 1. The fourth-order valence-corrected chi connectivity index (χ4v) is 4.27. The maximum atomic E-state index is 14.9. The molecule has 1 amide bonds. The predicted molar refractivity (Wildman–Crippen MR) is 126 cm³/mol. The third-order valence-corrected chi connectivity index (χ3v) is 6.05. The van der Waals surface area contributed by atoms with Gasteiger partial charge in [-0.2, -0.15) is 0 Å². The number of aryl methyl sites for hydroxylation is 1. The molecular weight excluding hydrogens is 421 g/mol. The number of hydrogen-bond acceptors (Lipinski definition) is 6. The summed E-state index contributed by atoms with van der Waals surface area (Å²) in [5, 5.41) is 3.04. The van der Waals surface area contributed by atoms with Crippen molar-refractivity contribution in [1.29, 1.82) is 0 Å². The van der Waals surface area contributed by atoms with Gasteiger partial charge < -0.3 is 19.7 Å². The second kappa shape index (κ2) is 9.27. The largest absolute Gasteiger partial charge is 0.337 e. The summed E-state index contributed by atoms with van der Waals surface area (Å²) in [5.74, 6) is 0.404. The number of hydrogen-bond donors (Lipinski definition) is 1. The molecule has 1 aliphatic rings. The van der Waals surface area contributed by atoms with Crippen LogP contribution in [0.4, 0.5) is 16.0 Å². The van der Waals surface area contributed by atoms with Gasteiger partial charge in [0, 0.05) is 37.1 Å². The number of anilines is 2. The standard InChI is InChI=1S/C24H30FN7O/c1-15(2)32-16(3)27-13-22(32)21-8-10-26-24(29-21)28-17-6-7-19(20(25)12-17)23(33)31-11-9-18(14-31)30(4)5/h6-8,10,12-13,15,18H,9,11,14H2,1-5H3,(H,26,28,29)/t18-/m1/s1. The summed E-state index contributed by atoms with van der Waals surface area (Å²) in [4.78, 5) is 29.9. The first-order valence-corrected chi connectivity index (χ1v) is 11.1. The summed E-state index contributed by atoms with van der Waals surface area (Å²) in [6.07, 6.45) is 4.34. The van der Waals surface area contributed by atoms with E-state index in [1.165, 1.54) is 12.1 Å². The average molecular weight is 452 g/mol. The molecule has 0 radical (unpaired) electrons. The van der Waals surface area contributed by atoms with Crippen LogP contribution < -0.4 is 5.32 Å². The lowest BCUT2D eigenvalue weighted by Crippen LogP contribution is -2.34. The van der Waals surface area contributed by atoms with Gasteiger partial charge in [-0.15, -0.1) is 0 Å². The van der Waals surface area contributed by atoms with E-state index in [1.807, 2.05) is 27.1 Å². The molecule has 4 rings (SSSR count). The van der Waals surface area contributed by atoms with Crippen LogP contribution in [0, 0.1) is 12.7 Å². The molecular formula is C24H30FN7O. The molecule has 33 heavy (non-hydrogen) atoms. The third-order valence-electron chi connectivity index (χ3n) is 6.05. The van der Waals surface area contributed by atoms with Gasteiger partial charge >= 0.3 is 0 Å². The van der Waals surface area contributed by atoms with Crippen molar-refractivity contribution in [2.75, 3.05) is 32.5 Å². The Bertz CT molecular complexity index is 1160. The number of likely N-dealkylation sites (tertiary alicyclic amines) is 1. The van der Waals surface area contributed by atoms with E-state index in [-0.39, 0.29) is 17.5 Å². The van der Waals surface area contributed by atoms with Crippen LogP contribution in [0.25, 0.3) is 11.4 Å². The van der Waals surface area contributed by atoms with E-state index < -0.39 is 5.82 Å². The maximum Gasteiger partial charge on any atom is 0.256 e. The number of nitrogens with zero attached hydrogens (tertiary/aromatic N) is 6. The highest BCUT2D eigenvalue weighted by molar-refractivity contribution is 5.95. The number of nitrogens with one attached hydrogen (secondary N) is 1. The molecule has 9 heteroatoms. The van der Waals surface area contributed by atoms with Crippen molar-refractivity contribution in [2.24, 2.45) is 0 Å². The van der Waals surface area contributed by atoms with Crippen molar-refractivity contribution in [2.45, 2.75) is 39.3 Å². The van der Waals surface area contributed by atoms with E-state index in [0.29, 0.717) is 30.8 Å². The maximum absolute atomic E-state index is 14.9. The molecule has 3 heterocycles. The topological polar surface area (TPSA) is 79.2 Å². The third kappa shape index (κ3) is 4.73. The second-order valence-corrected chi connectivity index (χ2v) is 8.90. The molecule has 3 aromatic rings. The van der Waals surface area contributed by atoms with Crippen LogP contribution in [-0.2, 0) is 0 Å². The number of benzene rings is 1. The minimum absolute atomic E-state index is 0.0749. The lowest BCUT2D eigenvalue weighted by molar-refractivity contribution is 0.0778. The van der Waals surface area contributed by atoms with Gasteiger partial charge in [-0.25, -0.2) is 19.3 Å². The van der Waals surface area contributed by atoms with E-state index in [0.717, 1.165) is 23.6 Å². The summed E-state index contributed by atoms with van der Waals surface area (Å²) in [5.41, 5.74) is 2.16. The van der Waals surface area contributed by atoms with E-state index in [9.17, 15) is 9.18 Å². The molecule has 1 N–H and O–H groups in total. The highest BCUT2D eigenvalue weighted by atomic mass is 19.1. The van der Waals surface area contributed by atoms with Crippen LogP contribution in [0.2, 0.25) is 0 Å². The SMILES string of the molecule is Cc1ncc(-c2ccnc(Nc3ccc(C(=O)N4CC[C@@H](N(C)C)C4)c(F)c3)n2)n1C(C)C. The van der Waals surface area contributed by atoms with Crippen LogP contribution in [0.15, 0.2) is 36.7 Å². The predicted octanol–water partition coefficient (Wildman–Crippen LogP) is 3.89. The molecule has 1 saturated heterocycles. The first-order chi connectivity index (χ1) is 15.7. The minimum Gasteiger partial charge on any atom is -0.337 e. The molecule has 2 aromatic heterocycles. The van der Waals surface area contributed by atoms with Gasteiger partial charge in [0.05, 0.1) is 23.1 Å². The quantitative estimate of drug-likeness (QED) is 0.613. The highest BCUT2D eigenvalue weighted by Gasteiger charge is 2.29. The van der Waals surface area contributed by atoms with Gasteiger partial charge in [-0.1, -0.05) is 0 Å². The number of likely N-dealkylation sites (N-methyl/N-ethyl adjacent to an activating group) is 1. The number of amides is 1. The van der Waals surface area contributed by atoms with Gasteiger partial charge in [0.1, 0.15) is 11.6 Å². The van der Waals surface area contributed by atoms with E-state index in [4.69, 9.17) is 0 Å². The van der Waals surface area contributed by atoms with Crippen molar-refractivity contribution in [3.05, 3.63) is 53.9 Å². The Hall–Kier alpha value is -3.33. The van der Waals surface area contributed by atoms with E-state index in [1.54, 1.807) is 23.4 Å². The normalized spacial score (nSPS) is 16.1. The van der Waals surface area contributed by atoms with E-state index >= 15 is 0 Å². The Morgan fingerprint density at radius 3 is 2.70 bits per heavy atom. The monoisotopic (exact) mass is 451 g/mol. The fourth-order valence-electron chi connectivity index (χ4n) is 4.27. The molecule has 0 spiro atoms. The Morgan fingerprint density at radius 2 is 2.03 bits per heavy atom. The van der Waals surface area contributed by atoms with Gasteiger partial charge in [0.2, 0.25) is 5.95 Å². The summed E-state index contributed by atoms with van der Waals surface area (Å²) >= 11 is 0. The second-order valence-electron chi connectivity index (χ2n) is 8.90. The van der Waals surface area contributed by atoms with Crippen molar-refractivity contribution >= 4 is 17.5 Å². The van der Waals surface area contributed by atoms with Crippen LogP contribution >= 0.6 is 0 Å². The summed E-state index contributed by atoms with van der Waals surface area (Å²) in [6, 6.07) is 6.86. The van der Waals surface area contributed by atoms with Crippen LogP contribution in [0.1, 0.15) is 42.5 Å². The average Bonchev–Trinajstić information content (AvgIpc) is 3.41. The molecule has 174 valence electrons. The van der Waals surface area contributed by atoms with Crippen molar-refractivity contribution in [3.8, 4) is 11.4 Å². The summed E-state index contributed by atoms with van der Waals surface area (Å²) in [7, 11) is 3.99. The van der Waals surface area contributed by atoms with Gasteiger partial charge in [0.15, 0.2) is 0 Å². The Kier molecular flexibility index (Phi) is 6.42. The zero-order valence-electron chi connectivity index (χ0n) is 19.7. The first kappa shape index (κ1) is 22.8. The number of carbonyl (C=O) groups excluding carboxylic acids is 1. The Morgan fingerprint density at radius 1 is 1.24 bits per heavy atom. The molecule has 1 fully saturated rings.